The number of nitrogens with zero attached hydrogens (tertiary/aromatic N) is 2. The van der Waals surface area contributed by atoms with Crippen LogP contribution in [0.25, 0.3) is 0 Å². The number of rotatable bonds is 3. The number of aryl methyl sites for hydroxylation is 1. The van der Waals surface area contributed by atoms with Gasteiger partial charge in [0.05, 0.1) is 6.54 Å². The standard InChI is InChI=1S/C11H17N3O2/c1-9-7-10(13-16-9)12-8-11(15)14-5-3-2-4-6-14/h7H,2-6,8H2,1H3,(H,12,13). The predicted molar refractivity (Wildman–Crippen MR) is 60.2 cm³/mol. The number of nitrogens with one attached hydrogen (secondary N) is 1. The molecule has 0 saturated carbocycles. The van der Waals surface area contributed by atoms with E-state index in [9.17, 15) is 4.79 Å². The van der Waals surface area contributed by atoms with Crippen molar-refractivity contribution in [3.63, 3.8) is 0 Å². The molecule has 1 amide bonds. The van der Waals surface area contributed by atoms with Gasteiger partial charge in [-0.3, -0.25) is 4.79 Å². The van der Waals surface area contributed by atoms with Gasteiger partial charge in [-0.05, 0) is 26.2 Å². The van der Waals surface area contributed by atoms with Gasteiger partial charge in [-0.15, -0.1) is 0 Å². The van der Waals surface area contributed by atoms with Crippen molar-refractivity contribution in [1.29, 1.82) is 0 Å². The van der Waals surface area contributed by atoms with Gasteiger partial charge in [-0.25, -0.2) is 0 Å². The van der Waals surface area contributed by atoms with Crippen molar-refractivity contribution in [2.45, 2.75) is 26.2 Å². The minimum absolute atomic E-state index is 0.139. The Labute approximate surface area is 94.8 Å². The Morgan fingerprint density at radius 2 is 2.25 bits per heavy atom. The summed E-state index contributed by atoms with van der Waals surface area (Å²) >= 11 is 0. The second kappa shape index (κ2) is 5.01. The van der Waals surface area contributed by atoms with Gasteiger partial charge in [0.15, 0.2) is 5.82 Å². The highest BCUT2D eigenvalue weighted by Crippen LogP contribution is 2.10. The van der Waals surface area contributed by atoms with Crippen molar-refractivity contribution in [2.24, 2.45) is 0 Å². The lowest BCUT2D eigenvalue weighted by atomic mass is 10.1. The van der Waals surface area contributed by atoms with Gasteiger partial charge < -0.3 is 14.7 Å². The molecule has 88 valence electrons. The maximum atomic E-state index is 11.8. The van der Waals surface area contributed by atoms with Crippen LogP contribution in [0.1, 0.15) is 25.0 Å². The van der Waals surface area contributed by atoms with Crippen molar-refractivity contribution in [2.75, 3.05) is 25.0 Å². The van der Waals surface area contributed by atoms with Crippen molar-refractivity contribution in [3.8, 4) is 0 Å². The van der Waals surface area contributed by atoms with Gasteiger partial charge in [-0.1, -0.05) is 5.16 Å². The fourth-order valence-electron chi connectivity index (χ4n) is 1.87. The van der Waals surface area contributed by atoms with Crippen LogP contribution in [0.2, 0.25) is 0 Å². The van der Waals surface area contributed by atoms with Gasteiger partial charge in [0.1, 0.15) is 5.76 Å². The first-order chi connectivity index (χ1) is 7.75. The quantitative estimate of drug-likeness (QED) is 0.841. The Balaban J connectivity index is 1.78. The molecule has 1 aromatic heterocycles. The zero-order chi connectivity index (χ0) is 11.4. The number of amides is 1. The SMILES string of the molecule is Cc1cc(NCC(=O)N2CCCCC2)no1. The van der Waals surface area contributed by atoms with Crippen LogP contribution >= 0.6 is 0 Å². The van der Waals surface area contributed by atoms with Crippen molar-refractivity contribution < 1.29 is 9.32 Å². The molecule has 1 aliphatic heterocycles. The molecule has 1 fully saturated rings. The Hall–Kier alpha value is -1.52. The summed E-state index contributed by atoms with van der Waals surface area (Å²) in [7, 11) is 0. The molecule has 2 rings (SSSR count). The zero-order valence-electron chi connectivity index (χ0n) is 9.53. The maximum Gasteiger partial charge on any atom is 0.241 e. The second-order valence-corrected chi connectivity index (χ2v) is 4.12. The van der Waals surface area contributed by atoms with Crippen LogP contribution in [0.4, 0.5) is 5.82 Å². The highest BCUT2D eigenvalue weighted by Gasteiger charge is 2.16. The third-order valence-corrected chi connectivity index (χ3v) is 2.76. The molecule has 2 heterocycles. The minimum atomic E-state index is 0.139. The second-order valence-electron chi connectivity index (χ2n) is 4.12. The summed E-state index contributed by atoms with van der Waals surface area (Å²) in [6.45, 7) is 3.90. The number of anilines is 1. The lowest BCUT2D eigenvalue weighted by Gasteiger charge is -2.26. The monoisotopic (exact) mass is 223 g/mol. The summed E-state index contributed by atoms with van der Waals surface area (Å²) in [4.78, 5) is 13.7. The van der Waals surface area contributed by atoms with E-state index in [1.807, 2.05) is 11.8 Å². The molecule has 1 N–H and O–H groups in total. The first-order valence-electron chi connectivity index (χ1n) is 5.70. The van der Waals surface area contributed by atoms with E-state index >= 15 is 0 Å². The third-order valence-electron chi connectivity index (χ3n) is 2.76. The van der Waals surface area contributed by atoms with E-state index in [-0.39, 0.29) is 5.91 Å². The molecule has 0 atom stereocenters. The maximum absolute atomic E-state index is 11.8. The summed E-state index contributed by atoms with van der Waals surface area (Å²) in [6.07, 6.45) is 3.48. The topological polar surface area (TPSA) is 58.4 Å². The summed E-state index contributed by atoms with van der Waals surface area (Å²) in [6, 6.07) is 1.78. The minimum Gasteiger partial charge on any atom is -0.360 e. The molecule has 0 aromatic carbocycles. The predicted octanol–water partition coefficient (Wildman–Crippen LogP) is 1.41. The molecule has 0 radical (unpaired) electrons. The number of hydrogen-bond acceptors (Lipinski definition) is 4. The molecule has 0 aliphatic carbocycles. The summed E-state index contributed by atoms with van der Waals surface area (Å²) in [5, 5.41) is 6.74. The molecule has 0 bridgehead atoms. The molecule has 1 aromatic rings. The van der Waals surface area contributed by atoms with Crippen LogP contribution in [0.3, 0.4) is 0 Å². The number of likely N-dealkylation sites (tertiary alicyclic amines) is 1. The number of hydrogen-bond donors (Lipinski definition) is 1. The van der Waals surface area contributed by atoms with Gasteiger partial charge in [0, 0.05) is 19.2 Å². The molecule has 16 heavy (non-hydrogen) atoms. The van der Waals surface area contributed by atoms with Crippen LogP contribution in [0.5, 0.6) is 0 Å². The van der Waals surface area contributed by atoms with E-state index in [0.29, 0.717) is 12.4 Å². The number of aromatic nitrogens is 1. The summed E-state index contributed by atoms with van der Waals surface area (Å²) in [5.74, 6) is 1.51. The smallest absolute Gasteiger partial charge is 0.241 e. The van der Waals surface area contributed by atoms with E-state index in [1.54, 1.807) is 6.07 Å². The van der Waals surface area contributed by atoms with E-state index in [0.717, 1.165) is 31.7 Å². The Bertz CT molecular complexity index is 356. The third kappa shape index (κ3) is 2.74. The van der Waals surface area contributed by atoms with Crippen LogP contribution in [-0.2, 0) is 4.79 Å². The fourth-order valence-corrected chi connectivity index (χ4v) is 1.87. The average Bonchev–Trinajstić information content (AvgIpc) is 2.73. The lowest BCUT2D eigenvalue weighted by Crippen LogP contribution is -2.39. The molecular weight excluding hydrogens is 206 g/mol. The van der Waals surface area contributed by atoms with E-state index < -0.39 is 0 Å². The highest BCUT2D eigenvalue weighted by molar-refractivity contribution is 5.80. The molecule has 1 saturated heterocycles. The van der Waals surface area contributed by atoms with Crippen molar-refractivity contribution >= 4 is 11.7 Å². The largest absolute Gasteiger partial charge is 0.360 e. The summed E-state index contributed by atoms with van der Waals surface area (Å²) < 4.78 is 4.90. The number of piperidine rings is 1. The molecule has 0 unspecified atom stereocenters. The van der Waals surface area contributed by atoms with Crippen molar-refractivity contribution in [3.05, 3.63) is 11.8 Å². The normalized spacial score (nSPS) is 16.2. The Morgan fingerprint density at radius 1 is 1.50 bits per heavy atom. The molecule has 5 nitrogen and oxygen atoms in total. The van der Waals surface area contributed by atoms with Gasteiger partial charge in [0.2, 0.25) is 5.91 Å². The first-order valence-corrected chi connectivity index (χ1v) is 5.70. The van der Waals surface area contributed by atoms with Gasteiger partial charge in [0.25, 0.3) is 0 Å². The van der Waals surface area contributed by atoms with Crippen LogP contribution < -0.4 is 5.32 Å². The molecular formula is C11H17N3O2. The van der Waals surface area contributed by atoms with Crippen LogP contribution in [0, 0.1) is 6.92 Å². The number of carbonyl (C=O) groups excluding carboxylic acids is 1. The van der Waals surface area contributed by atoms with Gasteiger partial charge >= 0.3 is 0 Å². The van der Waals surface area contributed by atoms with Crippen LogP contribution in [0.15, 0.2) is 10.6 Å². The lowest BCUT2D eigenvalue weighted by molar-refractivity contribution is -0.130. The Morgan fingerprint density at radius 3 is 2.88 bits per heavy atom. The zero-order valence-corrected chi connectivity index (χ0v) is 9.53. The fraction of sp³-hybridized carbons (Fsp3) is 0.636. The molecule has 5 heteroatoms. The van der Waals surface area contributed by atoms with E-state index in [2.05, 4.69) is 10.5 Å². The van der Waals surface area contributed by atoms with Crippen LogP contribution in [-0.4, -0.2) is 35.6 Å². The van der Waals surface area contributed by atoms with Crippen molar-refractivity contribution in [1.82, 2.24) is 10.1 Å². The Kier molecular flexibility index (Phi) is 3.44. The average molecular weight is 223 g/mol. The van der Waals surface area contributed by atoms with Gasteiger partial charge in [-0.2, -0.15) is 0 Å². The van der Waals surface area contributed by atoms with E-state index in [1.165, 1.54) is 6.42 Å². The summed E-state index contributed by atoms with van der Waals surface area (Å²) in [5.41, 5.74) is 0. The molecule has 1 aliphatic rings. The number of carbonyl (C=O) groups is 1. The first kappa shape index (κ1) is 11.0. The molecule has 0 spiro atoms. The highest BCUT2D eigenvalue weighted by atomic mass is 16.5. The van der Waals surface area contributed by atoms with E-state index in [4.69, 9.17) is 4.52 Å².